The monoisotopic (exact) mass is 302 g/mol. The van der Waals surface area contributed by atoms with Crippen molar-refractivity contribution in [1.82, 2.24) is 9.97 Å². The van der Waals surface area contributed by atoms with E-state index in [4.69, 9.17) is 5.11 Å². The van der Waals surface area contributed by atoms with Gasteiger partial charge >= 0.3 is 5.97 Å². The number of hydrogen-bond acceptors (Lipinski definition) is 5. The van der Waals surface area contributed by atoms with Crippen molar-refractivity contribution < 1.29 is 14.3 Å². The summed E-state index contributed by atoms with van der Waals surface area (Å²) in [6, 6.07) is 7.88. The van der Waals surface area contributed by atoms with Crippen LogP contribution < -0.4 is 9.80 Å². The number of carboxylic acid groups (broad SMARTS) is 1. The Morgan fingerprint density at radius 2 is 1.82 bits per heavy atom. The first kappa shape index (κ1) is 14.2. The number of rotatable bonds is 3. The van der Waals surface area contributed by atoms with E-state index in [1.54, 1.807) is 24.4 Å². The molecule has 0 aliphatic carbocycles. The van der Waals surface area contributed by atoms with Gasteiger partial charge in [0.15, 0.2) is 17.3 Å². The lowest BCUT2D eigenvalue weighted by molar-refractivity contribution is 0.0690. The molecule has 0 bridgehead atoms. The van der Waals surface area contributed by atoms with E-state index in [0.29, 0.717) is 37.8 Å². The lowest BCUT2D eigenvalue weighted by atomic mass is 10.2. The minimum atomic E-state index is -1.05. The topological polar surface area (TPSA) is 69.6 Å². The number of carboxylic acids is 1. The highest BCUT2D eigenvalue weighted by atomic mass is 19.1. The molecule has 3 rings (SSSR count). The van der Waals surface area contributed by atoms with Gasteiger partial charge < -0.3 is 14.9 Å². The highest BCUT2D eigenvalue weighted by Gasteiger charge is 2.21. The van der Waals surface area contributed by atoms with Crippen LogP contribution in [0.2, 0.25) is 0 Å². The molecule has 2 aromatic rings. The molecule has 0 unspecified atom stereocenters. The molecule has 1 N–H and O–H groups in total. The summed E-state index contributed by atoms with van der Waals surface area (Å²) in [5.41, 5.74) is 0.0238. The SMILES string of the molecule is O=C(O)c1cccc(N2CCN(c3ncccc3F)CC2)n1. The third-order valence-corrected chi connectivity index (χ3v) is 3.60. The number of pyridine rings is 2. The van der Waals surface area contributed by atoms with Gasteiger partial charge in [-0.2, -0.15) is 0 Å². The lowest BCUT2D eigenvalue weighted by Gasteiger charge is -2.36. The fraction of sp³-hybridized carbons (Fsp3) is 0.267. The molecule has 0 atom stereocenters. The molecule has 2 aromatic heterocycles. The lowest BCUT2D eigenvalue weighted by Crippen LogP contribution is -2.47. The second-order valence-electron chi connectivity index (χ2n) is 4.97. The molecule has 1 fully saturated rings. The predicted octanol–water partition coefficient (Wildman–Crippen LogP) is 1.64. The number of piperazine rings is 1. The second-order valence-corrected chi connectivity index (χ2v) is 4.97. The zero-order valence-electron chi connectivity index (χ0n) is 11.8. The van der Waals surface area contributed by atoms with Gasteiger partial charge in [0, 0.05) is 32.4 Å². The highest BCUT2D eigenvalue weighted by molar-refractivity contribution is 5.85. The van der Waals surface area contributed by atoms with Crippen LogP contribution in [0.3, 0.4) is 0 Å². The first-order valence-corrected chi connectivity index (χ1v) is 6.96. The van der Waals surface area contributed by atoms with Crippen LogP contribution in [0.25, 0.3) is 0 Å². The van der Waals surface area contributed by atoms with Gasteiger partial charge in [0.1, 0.15) is 5.82 Å². The molecule has 3 heterocycles. The molecule has 0 spiro atoms. The predicted molar refractivity (Wildman–Crippen MR) is 79.8 cm³/mol. The zero-order chi connectivity index (χ0) is 15.5. The van der Waals surface area contributed by atoms with Crippen LogP contribution in [0.5, 0.6) is 0 Å². The Morgan fingerprint density at radius 3 is 2.50 bits per heavy atom. The van der Waals surface area contributed by atoms with E-state index in [9.17, 15) is 9.18 Å². The Labute approximate surface area is 126 Å². The summed E-state index contributed by atoms with van der Waals surface area (Å²) in [4.78, 5) is 23.0. The maximum atomic E-state index is 13.7. The molecule has 6 nitrogen and oxygen atoms in total. The van der Waals surface area contributed by atoms with Crippen LogP contribution >= 0.6 is 0 Å². The van der Waals surface area contributed by atoms with E-state index in [-0.39, 0.29) is 11.5 Å². The first-order valence-electron chi connectivity index (χ1n) is 6.96. The molecule has 22 heavy (non-hydrogen) atoms. The second kappa shape index (κ2) is 5.97. The minimum Gasteiger partial charge on any atom is -0.477 e. The van der Waals surface area contributed by atoms with Gasteiger partial charge in [-0.15, -0.1) is 0 Å². The molecule has 0 saturated carbocycles. The van der Waals surface area contributed by atoms with E-state index < -0.39 is 5.97 Å². The van der Waals surface area contributed by atoms with Gasteiger partial charge in [0.25, 0.3) is 0 Å². The molecule has 0 radical (unpaired) electrons. The van der Waals surface area contributed by atoms with Crippen molar-refractivity contribution >= 4 is 17.6 Å². The number of hydrogen-bond donors (Lipinski definition) is 1. The van der Waals surface area contributed by atoms with Crippen molar-refractivity contribution in [2.75, 3.05) is 36.0 Å². The van der Waals surface area contributed by atoms with Crippen LogP contribution in [-0.4, -0.2) is 47.2 Å². The average molecular weight is 302 g/mol. The number of aromatic nitrogens is 2. The summed E-state index contributed by atoms with van der Waals surface area (Å²) < 4.78 is 13.7. The van der Waals surface area contributed by atoms with Crippen LogP contribution in [0.1, 0.15) is 10.5 Å². The van der Waals surface area contributed by atoms with Gasteiger partial charge in [0.2, 0.25) is 0 Å². The third-order valence-electron chi connectivity index (χ3n) is 3.60. The molecule has 1 saturated heterocycles. The zero-order valence-corrected chi connectivity index (χ0v) is 11.8. The minimum absolute atomic E-state index is 0.0238. The standard InChI is InChI=1S/C15H15FN4O2/c16-11-3-2-6-17-14(11)20-9-7-19(8-10-20)13-5-1-4-12(18-13)15(21)22/h1-6H,7-10H2,(H,21,22). The molecule has 0 aromatic carbocycles. The first-order chi connectivity index (χ1) is 10.6. The fourth-order valence-corrected chi connectivity index (χ4v) is 2.48. The van der Waals surface area contributed by atoms with Crippen molar-refractivity contribution in [2.45, 2.75) is 0 Å². The Balaban J connectivity index is 1.71. The quantitative estimate of drug-likeness (QED) is 0.929. The Hall–Kier alpha value is -2.70. The van der Waals surface area contributed by atoms with Crippen molar-refractivity contribution in [3.63, 3.8) is 0 Å². The van der Waals surface area contributed by atoms with Crippen LogP contribution in [-0.2, 0) is 0 Å². The number of nitrogens with zero attached hydrogens (tertiary/aromatic N) is 4. The molecule has 1 aliphatic rings. The summed E-state index contributed by atoms with van der Waals surface area (Å²) in [5, 5.41) is 8.99. The fourth-order valence-electron chi connectivity index (χ4n) is 2.48. The molecular formula is C15H15FN4O2. The van der Waals surface area contributed by atoms with Crippen molar-refractivity contribution in [1.29, 1.82) is 0 Å². The Kier molecular flexibility index (Phi) is 3.86. The maximum absolute atomic E-state index is 13.7. The van der Waals surface area contributed by atoms with Crippen LogP contribution in [0, 0.1) is 5.82 Å². The molecule has 0 amide bonds. The summed E-state index contributed by atoms with van der Waals surface area (Å²) in [7, 11) is 0. The van der Waals surface area contributed by atoms with E-state index >= 15 is 0 Å². The van der Waals surface area contributed by atoms with E-state index in [1.807, 2.05) is 9.80 Å². The molecule has 7 heteroatoms. The molecule has 1 aliphatic heterocycles. The van der Waals surface area contributed by atoms with Crippen LogP contribution in [0.15, 0.2) is 36.5 Å². The largest absolute Gasteiger partial charge is 0.477 e. The van der Waals surface area contributed by atoms with Crippen molar-refractivity contribution in [2.24, 2.45) is 0 Å². The van der Waals surface area contributed by atoms with Crippen LogP contribution in [0.4, 0.5) is 16.0 Å². The molecule has 114 valence electrons. The Morgan fingerprint density at radius 1 is 1.09 bits per heavy atom. The summed E-state index contributed by atoms with van der Waals surface area (Å²) in [5.74, 6) is -0.395. The average Bonchev–Trinajstić information content (AvgIpc) is 2.56. The summed E-state index contributed by atoms with van der Waals surface area (Å²) in [6.45, 7) is 2.47. The van der Waals surface area contributed by atoms with E-state index in [1.165, 1.54) is 12.1 Å². The summed E-state index contributed by atoms with van der Waals surface area (Å²) >= 11 is 0. The Bertz CT molecular complexity index is 687. The summed E-state index contributed by atoms with van der Waals surface area (Å²) in [6.07, 6.45) is 1.57. The highest BCUT2D eigenvalue weighted by Crippen LogP contribution is 2.20. The van der Waals surface area contributed by atoms with Gasteiger partial charge in [-0.1, -0.05) is 6.07 Å². The van der Waals surface area contributed by atoms with Crippen molar-refractivity contribution in [3.8, 4) is 0 Å². The van der Waals surface area contributed by atoms with Gasteiger partial charge in [-0.3, -0.25) is 0 Å². The normalized spacial score (nSPS) is 15.0. The van der Waals surface area contributed by atoms with E-state index in [2.05, 4.69) is 9.97 Å². The number of aromatic carboxylic acids is 1. The van der Waals surface area contributed by atoms with Gasteiger partial charge in [0.05, 0.1) is 0 Å². The number of anilines is 2. The van der Waals surface area contributed by atoms with Gasteiger partial charge in [-0.25, -0.2) is 19.2 Å². The third kappa shape index (κ3) is 2.83. The molecular weight excluding hydrogens is 287 g/mol. The van der Waals surface area contributed by atoms with Crippen molar-refractivity contribution in [3.05, 3.63) is 48.0 Å². The van der Waals surface area contributed by atoms with E-state index in [0.717, 1.165) is 0 Å². The van der Waals surface area contributed by atoms with Gasteiger partial charge in [-0.05, 0) is 24.3 Å². The number of carbonyl (C=O) groups is 1. The maximum Gasteiger partial charge on any atom is 0.354 e. The number of halogens is 1. The smallest absolute Gasteiger partial charge is 0.354 e.